The van der Waals surface area contributed by atoms with Crippen LogP contribution in [-0.2, 0) is 11.3 Å². The number of halogens is 1. The van der Waals surface area contributed by atoms with Gasteiger partial charge in [-0.15, -0.1) is 23.7 Å². The summed E-state index contributed by atoms with van der Waals surface area (Å²) in [5.74, 6) is 1.72. The fourth-order valence-electron chi connectivity index (χ4n) is 3.63. The minimum Gasteiger partial charge on any atom is -0.486 e. The molecule has 2 aliphatic rings. The Labute approximate surface area is 170 Å². The molecule has 0 unspecified atom stereocenters. The van der Waals surface area contributed by atoms with Gasteiger partial charge in [-0.25, -0.2) is 0 Å². The van der Waals surface area contributed by atoms with Crippen LogP contribution in [0.1, 0.15) is 24.6 Å². The minimum absolute atomic E-state index is 0. The second-order valence-corrected chi connectivity index (χ2v) is 7.94. The average Bonchev–Trinajstić information content (AvgIpc) is 3.18. The summed E-state index contributed by atoms with van der Waals surface area (Å²) >= 11 is 1.68. The van der Waals surface area contributed by atoms with E-state index in [1.54, 1.807) is 11.3 Å². The lowest BCUT2D eigenvalue weighted by Gasteiger charge is -2.32. The fourth-order valence-corrected chi connectivity index (χ4v) is 4.32. The lowest BCUT2D eigenvalue weighted by molar-refractivity contribution is -0.123. The molecule has 1 amide bonds. The van der Waals surface area contributed by atoms with Crippen molar-refractivity contribution < 1.29 is 14.3 Å². The maximum Gasteiger partial charge on any atom is 0.230 e. The monoisotopic (exact) mass is 408 g/mol. The summed E-state index contributed by atoms with van der Waals surface area (Å²) in [7, 11) is 0. The van der Waals surface area contributed by atoms with E-state index in [-0.39, 0.29) is 24.2 Å². The lowest BCUT2D eigenvalue weighted by atomic mass is 9.91. The number of hydrogen-bond donors (Lipinski definition) is 1. The van der Waals surface area contributed by atoms with E-state index in [1.165, 1.54) is 4.88 Å². The highest BCUT2D eigenvalue weighted by Gasteiger charge is 2.30. The Hall–Kier alpha value is -1.76. The molecule has 7 heteroatoms. The zero-order valence-corrected chi connectivity index (χ0v) is 17.0. The average molecular weight is 409 g/mol. The van der Waals surface area contributed by atoms with E-state index < -0.39 is 0 Å². The Kier molecular flexibility index (Phi) is 6.63. The van der Waals surface area contributed by atoms with Crippen molar-refractivity contribution in [3.8, 4) is 11.5 Å². The highest BCUT2D eigenvalue weighted by molar-refractivity contribution is 7.09. The van der Waals surface area contributed by atoms with Crippen LogP contribution in [0, 0.1) is 5.92 Å². The summed E-state index contributed by atoms with van der Waals surface area (Å²) in [4.78, 5) is 16.5. The molecule has 27 heavy (non-hydrogen) atoms. The molecule has 0 aliphatic carbocycles. The van der Waals surface area contributed by atoms with Crippen LogP contribution in [0.25, 0.3) is 0 Å². The number of anilines is 1. The first-order valence-corrected chi connectivity index (χ1v) is 10.1. The number of thiophene rings is 1. The third-order valence-electron chi connectivity index (χ3n) is 4.97. The van der Waals surface area contributed by atoms with Crippen molar-refractivity contribution in [3.05, 3.63) is 40.6 Å². The van der Waals surface area contributed by atoms with Crippen LogP contribution in [0.4, 0.5) is 5.69 Å². The molecule has 1 fully saturated rings. The molecule has 3 heterocycles. The molecule has 2 atom stereocenters. The lowest BCUT2D eigenvalue weighted by Crippen LogP contribution is -2.44. The van der Waals surface area contributed by atoms with Gasteiger partial charge in [0.15, 0.2) is 11.5 Å². The molecule has 0 bridgehead atoms. The van der Waals surface area contributed by atoms with Gasteiger partial charge in [-0.05, 0) is 49.9 Å². The molecule has 4 rings (SSSR count). The molecule has 2 aromatic rings. The van der Waals surface area contributed by atoms with Crippen molar-refractivity contribution in [1.82, 2.24) is 5.32 Å². The first kappa shape index (κ1) is 20.0. The first-order chi connectivity index (χ1) is 12.7. The van der Waals surface area contributed by atoms with Gasteiger partial charge in [-0.3, -0.25) is 4.79 Å². The summed E-state index contributed by atoms with van der Waals surface area (Å²) < 4.78 is 11.3. The summed E-state index contributed by atoms with van der Waals surface area (Å²) in [6, 6.07) is 10.3. The zero-order chi connectivity index (χ0) is 17.9. The van der Waals surface area contributed by atoms with Gasteiger partial charge in [0.1, 0.15) is 13.2 Å². The van der Waals surface area contributed by atoms with E-state index in [1.807, 2.05) is 29.2 Å². The number of carbonyl (C=O) groups excluding carboxylic acids is 1. The number of benzene rings is 1. The molecule has 1 saturated heterocycles. The van der Waals surface area contributed by atoms with Gasteiger partial charge in [0, 0.05) is 28.6 Å². The second kappa shape index (κ2) is 8.95. The van der Waals surface area contributed by atoms with Gasteiger partial charge in [0.25, 0.3) is 0 Å². The van der Waals surface area contributed by atoms with Gasteiger partial charge in [-0.1, -0.05) is 6.07 Å². The van der Waals surface area contributed by atoms with Crippen molar-refractivity contribution in [2.75, 3.05) is 24.7 Å². The van der Waals surface area contributed by atoms with E-state index in [0.717, 1.165) is 36.6 Å². The fraction of sp³-hybridized carbons (Fsp3) is 0.450. The number of nitrogens with zero attached hydrogens (tertiary/aromatic N) is 1. The van der Waals surface area contributed by atoms with Crippen molar-refractivity contribution in [3.63, 3.8) is 0 Å². The predicted molar refractivity (Wildman–Crippen MR) is 110 cm³/mol. The molecular weight excluding hydrogens is 384 g/mol. The van der Waals surface area contributed by atoms with Crippen LogP contribution in [-0.4, -0.2) is 31.7 Å². The van der Waals surface area contributed by atoms with Crippen LogP contribution in [0.2, 0.25) is 0 Å². The molecule has 1 aromatic carbocycles. The van der Waals surface area contributed by atoms with Crippen molar-refractivity contribution in [1.29, 1.82) is 0 Å². The number of amides is 1. The number of nitrogens with one attached hydrogen (secondary N) is 1. The molecule has 2 aliphatic heterocycles. The third-order valence-corrected chi connectivity index (χ3v) is 5.83. The molecule has 146 valence electrons. The van der Waals surface area contributed by atoms with Gasteiger partial charge in [-0.2, -0.15) is 0 Å². The van der Waals surface area contributed by atoms with E-state index in [0.29, 0.717) is 25.8 Å². The predicted octanol–water partition coefficient (Wildman–Crippen LogP) is 3.86. The Bertz CT molecular complexity index is 769. The van der Waals surface area contributed by atoms with Crippen LogP contribution in [0.15, 0.2) is 35.7 Å². The molecule has 1 aromatic heterocycles. The van der Waals surface area contributed by atoms with E-state index >= 15 is 0 Å². The molecule has 0 radical (unpaired) electrons. The quantitative estimate of drug-likeness (QED) is 0.834. The standard InChI is InChI=1S/C20H24N2O3S.ClH/c1-14-11-15(6-7-21-14)20(23)22(13-17-3-2-10-26-17)16-4-5-18-19(12-16)25-9-8-24-18;/h2-5,10,12,14-15,21H,6-9,11,13H2,1H3;1H/t14-,15-;/m0./s1. The SMILES string of the molecule is C[C@H]1C[C@@H](C(=O)N(Cc2cccs2)c2ccc3c(c2)OCCO3)CCN1.Cl. The van der Waals surface area contributed by atoms with Gasteiger partial charge in [0.2, 0.25) is 5.91 Å². The highest BCUT2D eigenvalue weighted by Crippen LogP contribution is 2.35. The maximum atomic E-state index is 13.4. The summed E-state index contributed by atoms with van der Waals surface area (Å²) in [5.41, 5.74) is 0.874. The van der Waals surface area contributed by atoms with Crippen LogP contribution >= 0.6 is 23.7 Å². The van der Waals surface area contributed by atoms with Crippen molar-refractivity contribution in [2.45, 2.75) is 32.4 Å². The van der Waals surface area contributed by atoms with Gasteiger partial charge in [0.05, 0.1) is 6.54 Å². The second-order valence-electron chi connectivity index (χ2n) is 6.91. The number of hydrogen-bond acceptors (Lipinski definition) is 5. The minimum atomic E-state index is 0. The first-order valence-electron chi connectivity index (χ1n) is 9.17. The normalized spacial score (nSPS) is 21.2. The molecule has 0 spiro atoms. The Morgan fingerprint density at radius 2 is 2.07 bits per heavy atom. The number of piperidine rings is 1. The van der Waals surface area contributed by atoms with Gasteiger partial charge < -0.3 is 19.7 Å². The summed E-state index contributed by atoms with van der Waals surface area (Å²) in [6.45, 7) is 4.74. The van der Waals surface area contributed by atoms with Gasteiger partial charge >= 0.3 is 0 Å². The van der Waals surface area contributed by atoms with Crippen LogP contribution in [0.5, 0.6) is 11.5 Å². The largest absolute Gasteiger partial charge is 0.486 e. The zero-order valence-electron chi connectivity index (χ0n) is 15.3. The topological polar surface area (TPSA) is 50.8 Å². The summed E-state index contributed by atoms with van der Waals surface area (Å²) in [5, 5.41) is 5.48. The summed E-state index contributed by atoms with van der Waals surface area (Å²) in [6.07, 6.45) is 1.76. The number of rotatable bonds is 4. The Balaban J connectivity index is 0.00000210. The van der Waals surface area contributed by atoms with E-state index in [2.05, 4.69) is 23.7 Å². The molecule has 1 N–H and O–H groups in total. The van der Waals surface area contributed by atoms with Crippen molar-refractivity contribution >= 4 is 35.3 Å². The van der Waals surface area contributed by atoms with Crippen LogP contribution in [0.3, 0.4) is 0 Å². The number of ether oxygens (including phenoxy) is 2. The van der Waals surface area contributed by atoms with E-state index in [4.69, 9.17) is 9.47 Å². The van der Waals surface area contributed by atoms with Crippen LogP contribution < -0.4 is 19.7 Å². The maximum absolute atomic E-state index is 13.4. The van der Waals surface area contributed by atoms with E-state index in [9.17, 15) is 4.79 Å². The molecule has 0 saturated carbocycles. The Morgan fingerprint density at radius 1 is 1.26 bits per heavy atom. The highest BCUT2D eigenvalue weighted by atomic mass is 35.5. The number of fused-ring (bicyclic) bond motifs is 1. The molecular formula is C20H25ClN2O3S. The Morgan fingerprint density at radius 3 is 2.81 bits per heavy atom. The number of carbonyl (C=O) groups is 1. The smallest absolute Gasteiger partial charge is 0.230 e. The van der Waals surface area contributed by atoms with Crippen molar-refractivity contribution in [2.24, 2.45) is 5.92 Å². The third kappa shape index (κ3) is 4.57. The molecule has 5 nitrogen and oxygen atoms in total.